The maximum absolute atomic E-state index is 10.5. The number of rotatable bonds is 3. The number of phenolic OH excluding ortho intramolecular Hbond substituents is 1. The van der Waals surface area contributed by atoms with Gasteiger partial charge in [-0.05, 0) is 75.6 Å². The first-order valence-electron chi connectivity index (χ1n) is 10.2. The van der Waals surface area contributed by atoms with E-state index in [1.165, 1.54) is 56.3 Å². The molecule has 0 radical (unpaired) electrons. The highest BCUT2D eigenvalue weighted by molar-refractivity contribution is 5.60. The molecule has 2 unspecified atom stereocenters. The normalized spacial score (nSPS) is 41.3. The Kier molecular flexibility index (Phi) is 2.92. The number of piperidine rings is 1. The van der Waals surface area contributed by atoms with E-state index < -0.39 is 0 Å². The lowest BCUT2D eigenvalue weighted by molar-refractivity contribution is -0.0650. The minimum Gasteiger partial charge on any atom is -0.504 e. The third-order valence-electron chi connectivity index (χ3n) is 7.99. The van der Waals surface area contributed by atoms with E-state index in [1.54, 1.807) is 0 Å². The molecule has 3 aliphatic carbocycles. The molecule has 5 atom stereocenters. The number of likely N-dealkylation sites (N-methyl/N-ethyl adjacent to an activating group) is 1. The molecule has 1 saturated heterocycles. The van der Waals surface area contributed by atoms with Gasteiger partial charge in [0.05, 0.1) is 0 Å². The third-order valence-corrected chi connectivity index (χ3v) is 7.99. The van der Waals surface area contributed by atoms with Crippen LogP contribution in [-0.2, 0) is 11.8 Å². The van der Waals surface area contributed by atoms with Crippen molar-refractivity contribution in [1.29, 1.82) is 0 Å². The fourth-order valence-corrected chi connectivity index (χ4v) is 6.78. The van der Waals surface area contributed by atoms with Crippen LogP contribution in [0.4, 0.5) is 0 Å². The number of phenols is 1. The van der Waals surface area contributed by atoms with E-state index in [2.05, 4.69) is 23.3 Å². The Bertz CT molecular complexity index is 731. The number of aromatic hydroxyl groups is 1. The molecule has 1 aromatic carbocycles. The van der Waals surface area contributed by atoms with E-state index in [1.807, 2.05) is 6.07 Å². The molecule has 2 heterocycles. The van der Waals surface area contributed by atoms with Crippen LogP contribution in [0.5, 0.6) is 11.5 Å². The van der Waals surface area contributed by atoms with Crippen LogP contribution in [0.25, 0.3) is 0 Å². The average molecular weight is 340 g/mol. The van der Waals surface area contributed by atoms with E-state index in [0.29, 0.717) is 23.8 Å². The van der Waals surface area contributed by atoms with Crippen LogP contribution < -0.4 is 10.1 Å². The molecule has 3 fully saturated rings. The predicted molar refractivity (Wildman–Crippen MR) is 96.2 cm³/mol. The second kappa shape index (κ2) is 4.92. The molecule has 2 N–H and O–H groups in total. The SMILES string of the molecule is CNC1CC[C@H]2[C@H]3Cc4ccc(O)c5c4[C@@]2(CCN3CC2CC2)C1O5. The monoisotopic (exact) mass is 340 g/mol. The standard InChI is InChI=1S/C21H28N2O2/c1-22-15-6-5-14-16-10-13-4-7-17(24)19-18(13)21(14,20(15)25-19)8-9-23(16)11-12-2-3-12/h4,7,12,14-16,20,22,24H,2-3,5-6,8-11H2,1H3/t14-,15?,16+,20?,21-/m0/s1. The van der Waals surface area contributed by atoms with Crippen LogP contribution in [-0.4, -0.2) is 48.3 Å². The minimum atomic E-state index is 0.123. The zero-order chi connectivity index (χ0) is 16.8. The Morgan fingerprint density at radius 2 is 2.16 bits per heavy atom. The first kappa shape index (κ1) is 14.9. The summed E-state index contributed by atoms with van der Waals surface area (Å²) >= 11 is 0. The maximum atomic E-state index is 10.5. The number of hydrogen-bond acceptors (Lipinski definition) is 4. The Hall–Kier alpha value is -1.26. The summed E-state index contributed by atoms with van der Waals surface area (Å²) in [5.74, 6) is 2.79. The minimum absolute atomic E-state index is 0.123. The molecule has 4 nitrogen and oxygen atoms in total. The second-order valence-corrected chi connectivity index (χ2v) is 9.07. The van der Waals surface area contributed by atoms with E-state index in [9.17, 15) is 5.11 Å². The van der Waals surface area contributed by atoms with Crippen molar-refractivity contribution in [3.63, 3.8) is 0 Å². The summed E-state index contributed by atoms with van der Waals surface area (Å²) in [6, 6.07) is 5.10. The number of nitrogens with one attached hydrogen (secondary N) is 1. The quantitative estimate of drug-likeness (QED) is 0.887. The number of nitrogens with zero attached hydrogens (tertiary/aromatic N) is 1. The molecule has 1 aromatic rings. The molecule has 5 aliphatic rings. The van der Waals surface area contributed by atoms with Crippen molar-refractivity contribution in [2.24, 2.45) is 11.8 Å². The van der Waals surface area contributed by atoms with E-state index in [4.69, 9.17) is 4.74 Å². The lowest BCUT2D eigenvalue weighted by atomic mass is 9.51. The summed E-state index contributed by atoms with van der Waals surface area (Å²) in [5, 5.41) is 14.0. The van der Waals surface area contributed by atoms with Gasteiger partial charge in [-0.25, -0.2) is 0 Å². The van der Waals surface area contributed by atoms with Crippen LogP contribution >= 0.6 is 0 Å². The van der Waals surface area contributed by atoms with Crippen molar-refractivity contribution in [2.45, 2.75) is 62.1 Å². The van der Waals surface area contributed by atoms with Gasteiger partial charge in [0.15, 0.2) is 11.5 Å². The molecular weight excluding hydrogens is 312 g/mol. The topological polar surface area (TPSA) is 44.7 Å². The molecule has 4 heteroatoms. The summed E-state index contributed by atoms with van der Waals surface area (Å²) in [7, 11) is 2.07. The van der Waals surface area contributed by atoms with Crippen molar-refractivity contribution in [1.82, 2.24) is 10.2 Å². The van der Waals surface area contributed by atoms with Crippen LogP contribution in [0, 0.1) is 11.8 Å². The van der Waals surface area contributed by atoms with Crippen LogP contribution in [0.2, 0.25) is 0 Å². The first-order chi connectivity index (χ1) is 12.2. The third kappa shape index (κ3) is 1.80. The molecule has 0 amide bonds. The number of likely N-dealkylation sites (tertiary alicyclic amines) is 1. The van der Waals surface area contributed by atoms with Gasteiger partial charge in [0.1, 0.15) is 6.10 Å². The smallest absolute Gasteiger partial charge is 0.165 e. The van der Waals surface area contributed by atoms with Crippen LogP contribution in [0.15, 0.2) is 12.1 Å². The van der Waals surface area contributed by atoms with Gasteiger partial charge in [0, 0.05) is 29.6 Å². The summed E-state index contributed by atoms with van der Waals surface area (Å²) < 4.78 is 6.51. The highest BCUT2D eigenvalue weighted by Crippen LogP contribution is 2.63. The number of benzene rings is 1. The van der Waals surface area contributed by atoms with Crippen molar-refractivity contribution in [3.8, 4) is 11.5 Å². The van der Waals surface area contributed by atoms with Gasteiger partial charge in [0.2, 0.25) is 0 Å². The highest BCUT2D eigenvalue weighted by Gasteiger charge is 2.65. The molecule has 2 saturated carbocycles. The van der Waals surface area contributed by atoms with Crippen molar-refractivity contribution in [3.05, 3.63) is 23.3 Å². The van der Waals surface area contributed by atoms with E-state index in [0.717, 1.165) is 18.1 Å². The Morgan fingerprint density at radius 1 is 1.28 bits per heavy atom. The lowest BCUT2D eigenvalue weighted by Gasteiger charge is -2.59. The number of hydrogen-bond donors (Lipinski definition) is 2. The van der Waals surface area contributed by atoms with Crippen molar-refractivity contribution >= 4 is 0 Å². The summed E-state index contributed by atoms with van der Waals surface area (Å²) in [5.41, 5.74) is 2.94. The Balaban J connectivity index is 1.51. The lowest BCUT2D eigenvalue weighted by Crippen LogP contribution is -2.68. The number of ether oxygens (including phenoxy) is 1. The molecule has 134 valence electrons. The van der Waals surface area contributed by atoms with Gasteiger partial charge in [-0.3, -0.25) is 4.90 Å². The summed E-state index contributed by atoms with van der Waals surface area (Å²) in [6.45, 7) is 2.50. The Morgan fingerprint density at radius 3 is 2.96 bits per heavy atom. The molecule has 2 bridgehead atoms. The van der Waals surface area contributed by atoms with Gasteiger partial charge in [-0.2, -0.15) is 0 Å². The second-order valence-electron chi connectivity index (χ2n) is 9.07. The van der Waals surface area contributed by atoms with Crippen LogP contribution in [0.1, 0.15) is 43.2 Å². The highest BCUT2D eigenvalue weighted by atomic mass is 16.5. The van der Waals surface area contributed by atoms with Crippen molar-refractivity contribution < 1.29 is 9.84 Å². The zero-order valence-electron chi connectivity index (χ0n) is 15.0. The largest absolute Gasteiger partial charge is 0.504 e. The van der Waals surface area contributed by atoms with Gasteiger partial charge in [-0.15, -0.1) is 0 Å². The van der Waals surface area contributed by atoms with Gasteiger partial charge in [0.25, 0.3) is 0 Å². The Labute approximate surface area is 149 Å². The average Bonchev–Trinajstić information content (AvgIpc) is 3.37. The zero-order valence-corrected chi connectivity index (χ0v) is 15.0. The summed E-state index contributed by atoms with van der Waals surface area (Å²) in [4.78, 5) is 2.82. The fraction of sp³-hybridized carbons (Fsp3) is 0.714. The molecule has 2 aliphatic heterocycles. The first-order valence-corrected chi connectivity index (χ1v) is 10.2. The summed E-state index contributed by atoms with van der Waals surface area (Å²) in [6.07, 6.45) is 7.85. The van der Waals surface area contributed by atoms with E-state index >= 15 is 0 Å². The molecular formula is C21H28N2O2. The van der Waals surface area contributed by atoms with Crippen molar-refractivity contribution in [2.75, 3.05) is 20.1 Å². The molecule has 0 aromatic heterocycles. The van der Waals surface area contributed by atoms with Gasteiger partial charge < -0.3 is 15.2 Å². The molecule has 1 spiro atoms. The fourth-order valence-electron chi connectivity index (χ4n) is 6.78. The van der Waals surface area contributed by atoms with Gasteiger partial charge in [-0.1, -0.05) is 6.07 Å². The maximum Gasteiger partial charge on any atom is 0.165 e. The molecule has 6 rings (SSSR count). The van der Waals surface area contributed by atoms with E-state index in [-0.39, 0.29) is 11.5 Å². The molecule has 25 heavy (non-hydrogen) atoms. The van der Waals surface area contributed by atoms with Gasteiger partial charge >= 0.3 is 0 Å². The predicted octanol–water partition coefficient (Wildman–Crippen LogP) is 2.43. The van der Waals surface area contributed by atoms with Crippen LogP contribution in [0.3, 0.4) is 0 Å².